The number of alkyl halides is 1. The number of hydrogen-bond acceptors (Lipinski definition) is 2. The monoisotopic (exact) mass is 287 g/mol. The molecule has 4 heteroatoms. The molecular weight excluding hydrogens is 270 g/mol. The van der Waals surface area contributed by atoms with Crippen LogP contribution in [0.3, 0.4) is 0 Å². The van der Waals surface area contributed by atoms with Crippen molar-refractivity contribution >= 4 is 21.8 Å². The molecule has 3 nitrogen and oxygen atoms in total. The van der Waals surface area contributed by atoms with E-state index in [1.54, 1.807) is 0 Å². The second-order valence-electron chi connectivity index (χ2n) is 3.93. The highest BCUT2D eigenvalue weighted by atomic mass is 79.9. The summed E-state index contributed by atoms with van der Waals surface area (Å²) >= 11 is 3.48. The van der Waals surface area contributed by atoms with Crippen molar-refractivity contribution < 1.29 is 9.21 Å². The van der Waals surface area contributed by atoms with Gasteiger partial charge in [0.05, 0.1) is 5.56 Å². The predicted molar refractivity (Wildman–Crippen MR) is 68.3 cm³/mol. The average molecular weight is 288 g/mol. The Labute approximate surface area is 105 Å². The van der Waals surface area contributed by atoms with Crippen LogP contribution in [0.2, 0.25) is 0 Å². The minimum Gasteiger partial charge on any atom is -0.466 e. The van der Waals surface area contributed by atoms with Crippen LogP contribution in [0.1, 0.15) is 40.8 Å². The largest absolute Gasteiger partial charge is 0.466 e. The molecule has 1 atom stereocenters. The molecule has 0 bridgehead atoms. The molecule has 0 radical (unpaired) electrons. The van der Waals surface area contributed by atoms with Gasteiger partial charge in [0.2, 0.25) is 0 Å². The number of rotatable bonds is 4. The van der Waals surface area contributed by atoms with Crippen molar-refractivity contribution in [3.63, 3.8) is 0 Å². The second kappa shape index (κ2) is 5.53. The van der Waals surface area contributed by atoms with Gasteiger partial charge >= 0.3 is 0 Å². The fraction of sp³-hybridized carbons (Fsp3) is 0.583. The van der Waals surface area contributed by atoms with E-state index in [0.29, 0.717) is 22.7 Å². The van der Waals surface area contributed by atoms with E-state index in [2.05, 4.69) is 28.2 Å². The van der Waals surface area contributed by atoms with E-state index in [-0.39, 0.29) is 5.91 Å². The quantitative estimate of drug-likeness (QED) is 0.865. The molecule has 0 spiro atoms. The number of hydrogen-bond donors (Lipinski definition) is 1. The van der Waals surface area contributed by atoms with Crippen LogP contribution < -0.4 is 5.32 Å². The maximum Gasteiger partial charge on any atom is 0.255 e. The Hall–Kier alpha value is -0.770. The maximum absolute atomic E-state index is 11.9. The number of carbonyl (C=O) groups is 1. The molecule has 0 aliphatic rings. The van der Waals surface area contributed by atoms with Gasteiger partial charge in [0, 0.05) is 16.9 Å². The summed E-state index contributed by atoms with van der Waals surface area (Å²) in [6.07, 6.45) is 0.989. The Balaban J connectivity index is 2.73. The van der Waals surface area contributed by atoms with Gasteiger partial charge in [0.25, 0.3) is 5.91 Å². The van der Waals surface area contributed by atoms with Gasteiger partial charge in [-0.2, -0.15) is 0 Å². The summed E-state index contributed by atoms with van der Waals surface area (Å²) in [5, 5.41) is 2.90. The van der Waals surface area contributed by atoms with Crippen LogP contribution in [-0.4, -0.2) is 17.3 Å². The Bertz CT molecular complexity index is 385. The van der Waals surface area contributed by atoms with E-state index >= 15 is 0 Å². The third-order valence-electron chi connectivity index (χ3n) is 2.72. The molecule has 0 aliphatic carbocycles. The first kappa shape index (κ1) is 13.3. The average Bonchev–Trinajstić information content (AvgIpc) is 2.49. The van der Waals surface area contributed by atoms with Gasteiger partial charge in [-0.15, -0.1) is 0 Å². The van der Waals surface area contributed by atoms with E-state index in [4.69, 9.17) is 4.42 Å². The van der Waals surface area contributed by atoms with Crippen molar-refractivity contribution in [2.24, 2.45) is 0 Å². The van der Waals surface area contributed by atoms with Gasteiger partial charge in [-0.05, 0) is 27.2 Å². The fourth-order valence-corrected chi connectivity index (χ4v) is 1.73. The molecule has 0 saturated carbocycles. The van der Waals surface area contributed by atoms with Gasteiger partial charge in [-0.1, -0.05) is 22.9 Å². The van der Waals surface area contributed by atoms with Gasteiger partial charge in [0.15, 0.2) is 0 Å². The predicted octanol–water partition coefficient (Wildman–Crippen LogP) is 3.11. The zero-order valence-electron chi connectivity index (χ0n) is 10.2. The van der Waals surface area contributed by atoms with E-state index in [9.17, 15) is 4.79 Å². The normalized spacial score (nSPS) is 12.6. The number of aryl methyl sites for hydroxylation is 2. The maximum atomic E-state index is 11.9. The number of furan rings is 1. The lowest BCUT2D eigenvalue weighted by atomic mass is 10.1. The summed E-state index contributed by atoms with van der Waals surface area (Å²) in [6, 6.07) is 0. The van der Waals surface area contributed by atoms with Crippen molar-refractivity contribution in [1.29, 1.82) is 0 Å². The van der Waals surface area contributed by atoms with Crippen molar-refractivity contribution in [3.8, 4) is 0 Å². The zero-order chi connectivity index (χ0) is 12.3. The van der Waals surface area contributed by atoms with Crippen LogP contribution in [0.5, 0.6) is 0 Å². The molecule has 0 aliphatic heterocycles. The third-order valence-corrected chi connectivity index (χ3v) is 3.69. The highest BCUT2D eigenvalue weighted by Crippen LogP contribution is 2.20. The Morgan fingerprint density at radius 2 is 2.00 bits per heavy atom. The first-order valence-electron chi connectivity index (χ1n) is 5.46. The summed E-state index contributed by atoms with van der Waals surface area (Å²) in [6.45, 7) is 8.31. The summed E-state index contributed by atoms with van der Waals surface area (Å²) < 4.78 is 5.43. The van der Waals surface area contributed by atoms with Crippen LogP contribution in [0.25, 0.3) is 0 Å². The topological polar surface area (TPSA) is 42.2 Å². The third kappa shape index (κ3) is 2.88. The molecule has 0 saturated heterocycles. The van der Waals surface area contributed by atoms with E-state index < -0.39 is 0 Å². The first-order valence-corrected chi connectivity index (χ1v) is 6.37. The van der Waals surface area contributed by atoms with E-state index in [1.807, 2.05) is 20.8 Å². The van der Waals surface area contributed by atoms with Gasteiger partial charge in [-0.3, -0.25) is 4.79 Å². The van der Waals surface area contributed by atoms with Crippen molar-refractivity contribution in [2.45, 2.75) is 38.9 Å². The molecule has 1 rings (SSSR count). The lowest BCUT2D eigenvalue weighted by Crippen LogP contribution is -2.29. The van der Waals surface area contributed by atoms with Crippen molar-refractivity contribution in [1.82, 2.24) is 5.32 Å². The van der Waals surface area contributed by atoms with E-state index in [0.717, 1.165) is 17.7 Å². The van der Waals surface area contributed by atoms with Crippen molar-refractivity contribution in [2.75, 3.05) is 6.54 Å². The SMILES string of the molecule is CCC(Br)CNC(=O)c1c(C)oc(C)c1C. The molecule has 1 heterocycles. The Kier molecular flexibility index (Phi) is 4.59. The molecule has 0 aromatic carbocycles. The molecule has 0 fully saturated rings. The Morgan fingerprint density at radius 1 is 1.38 bits per heavy atom. The molecule has 1 N–H and O–H groups in total. The second-order valence-corrected chi connectivity index (χ2v) is 5.22. The van der Waals surface area contributed by atoms with E-state index in [1.165, 1.54) is 0 Å². The standard InChI is InChI=1S/C12H18BrNO2/c1-5-10(13)6-14-12(15)11-7(2)8(3)16-9(11)4/h10H,5-6H2,1-4H3,(H,14,15). The molecule has 1 amide bonds. The van der Waals surface area contributed by atoms with Gasteiger partial charge in [0.1, 0.15) is 11.5 Å². The van der Waals surface area contributed by atoms with Crippen LogP contribution in [-0.2, 0) is 0 Å². The van der Waals surface area contributed by atoms with Crippen molar-refractivity contribution in [3.05, 3.63) is 22.6 Å². The number of halogens is 1. The highest BCUT2D eigenvalue weighted by molar-refractivity contribution is 9.09. The minimum atomic E-state index is -0.0512. The van der Waals surface area contributed by atoms with Crippen LogP contribution in [0.15, 0.2) is 4.42 Å². The molecule has 1 aromatic rings. The summed E-state index contributed by atoms with van der Waals surface area (Å²) in [5.41, 5.74) is 1.60. The molecular formula is C12H18BrNO2. The number of amides is 1. The Morgan fingerprint density at radius 3 is 2.44 bits per heavy atom. The molecule has 90 valence electrons. The summed E-state index contributed by atoms with van der Waals surface area (Å²) in [5.74, 6) is 1.45. The molecule has 1 aromatic heterocycles. The number of nitrogens with one attached hydrogen (secondary N) is 1. The minimum absolute atomic E-state index is 0.0512. The zero-order valence-corrected chi connectivity index (χ0v) is 11.8. The summed E-state index contributed by atoms with van der Waals surface area (Å²) in [4.78, 5) is 12.3. The van der Waals surface area contributed by atoms with Crippen LogP contribution in [0, 0.1) is 20.8 Å². The van der Waals surface area contributed by atoms with Gasteiger partial charge in [-0.25, -0.2) is 0 Å². The molecule has 1 unspecified atom stereocenters. The smallest absolute Gasteiger partial charge is 0.255 e. The number of carbonyl (C=O) groups excluding carboxylic acids is 1. The fourth-order valence-electron chi connectivity index (χ4n) is 1.56. The molecule has 16 heavy (non-hydrogen) atoms. The lowest BCUT2D eigenvalue weighted by molar-refractivity contribution is 0.0952. The highest BCUT2D eigenvalue weighted by Gasteiger charge is 2.18. The summed E-state index contributed by atoms with van der Waals surface area (Å²) in [7, 11) is 0. The lowest BCUT2D eigenvalue weighted by Gasteiger charge is -2.08. The van der Waals surface area contributed by atoms with Gasteiger partial charge < -0.3 is 9.73 Å². The van der Waals surface area contributed by atoms with Crippen LogP contribution >= 0.6 is 15.9 Å². The first-order chi connectivity index (χ1) is 7.47. The van der Waals surface area contributed by atoms with Crippen LogP contribution in [0.4, 0.5) is 0 Å².